The zero-order chi connectivity index (χ0) is 15.0. The molecule has 0 aromatic carbocycles. The first-order valence-electron chi connectivity index (χ1n) is 9.09. The Balaban J connectivity index is 1.58. The Labute approximate surface area is 131 Å². The summed E-state index contributed by atoms with van der Waals surface area (Å²) in [5.74, 6) is 3.50. The number of nitrogens with one attached hydrogen (secondary N) is 1. The third-order valence-electron chi connectivity index (χ3n) is 6.74. The van der Waals surface area contributed by atoms with Crippen LogP contribution in [0.4, 0.5) is 0 Å². The topological polar surface area (TPSA) is 15.3 Å². The second-order valence-electron chi connectivity index (χ2n) is 8.43. The van der Waals surface area contributed by atoms with Gasteiger partial charge in [0.25, 0.3) is 0 Å². The van der Waals surface area contributed by atoms with Crippen LogP contribution in [0, 0.1) is 23.7 Å². The van der Waals surface area contributed by atoms with Gasteiger partial charge in [-0.2, -0.15) is 0 Å². The fourth-order valence-electron chi connectivity index (χ4n) is 5.26. The maximum atomic E-state index is 3.95. The third kappa shape index (κ3) is 3.07. The molecule has 6 atom stereocenters. The highest BCUT2D eigenvalue weighted by molar-refractivity contribution is 5.11. The SMILES string of the molecule is CC1CCCC(CNC(C)C2CC3C=CC2C3)(N(C)C)C1. The summed E-state index contributed by atoms with van der Waals surface area (Å²) in [4.78, 5) is 2.50. The van der Waals surface area contributed by atoms with Crippen molar-refractivity contribution >= 4 is 0 Å². The van der Waals surface area contributed by atoms with Gasteiger partial charge in [0, 0.05) is 18.1 Å². The van der Waals surface area contributed by atoms with Gasteiger partial charge in [-0.1, -0.05) is 31.9 Å². The van der Waals surface area contributed by atoms with Gasteiger partial charge in [0.05, 0.1) is 0 Å². The maximum absolute atomic E-state index is 3.95. The van der Waals surface area contributed by atoms with E-state index < -0.39 is 0 Å². The molecule has 21 heavy (non-hydrogen) atoms. The molecule has 0 spiro atoms. The molecule has 0 radical (unpaired) electrons. The summed E-state index contributed by atoms with van der Waals surface area (Å²) in [5, 5.41) is 3.95. The molecule has 0 aromatic heterocycles. The first-order valence-corrected chi connectivity index (χ1v) is 9.09. The van der Waals surface area contributed by atoms with Crippen LogP contribution in [0.2, 0.25) is 0 Å². The molecule has 3 aliphatic carbocycles. The summed E-state index contributed by atoms with van der Waals surface area (Å²) in [6.45, 7) is 6.03. The Morgan fingerprint density at radius 2 is 2.10 bits per heavy atom. The molecule has 120 valence electrons. The zero-order valence-electron chi connectivity index (χ0n) is 14.4. The molecule has 2 fully saturated rings. The minimum absolute atomic E-state index is 0.388. The lowest BCUT2D eigenvalue weighted by molar-refractivity contribution is 0.0698. The van der Waals surface area contributed by atoms with Crippen LogP contribution in [0.25, 0.3) is 0 Å². The van der Waals surface area contributed by atoms with Crippen molar-refractivity contribution in [1.82, 2.24) is 10.2 Å². The normalized spacial score (nSPS) is 43.7. The van der Waals surface area contributed by atoms with E-state index in [0.29, 0.717) is 11.6 Å². The predicted molar refractivity (Wildman–Crippen MR) is 90.4 cm³/mol. The lowest BCUT2D eigenvalue weighted by Crippen LogP contribution is -2.56. The molecule has 2 saturated carbocycles. The van der Waals surface area contributed by atoms with Gasteiger partial charge in [0.15, 0.2) is 0 Å². The van der Waals surface area contributed by atoms with Gasteiger partial charge in [-0.3, -0.25) is 0 Å². The van der Waals surface area contributed by atoms with Crippen LogP contribution in [0.3, 0.4) is 0 Å². The smallest absolute Gasteiger partial charge is 0.0330 e. The summed E-state index contributed by atoms with van der Waals surface area (Å²) >= 11 is 0. The second-order valence-corrected chi connectivity index (χ2v) is 8.43. The first-order chi connectivity index (χ1) is 10.00. The van der Waals surface area contributed by atoms with Crippen molar-refractivity contribution in [2.24, 2.45) is 23.7 Å². The van der Waals surface area contributed by atoms with E-state index in [0.717, 1.165) is 23.7 Å². The summed E-state index contributed by atoms with van der Waals surface area (Å²) in [6.07, 6.45) is 13.3. The Hall–Kier alpha value is -0.340. The molecule has 3 rings (SSSR count). The van der Waals surface area contributed by atoms with Gasteiger partial charge in [0.2, 0.25) is 0 Å². The van der Waals surface area contributed by atoms with Gasteiger partial charge in [0.1, 0.15) is 0 Å². The number of nitrogens with zero attached hydrogens (tertiary/aromatic N) is 1. The zero-order valence-corrected chi connectivity index (χ0v) is 14.4. The maximum Gasteiger partial charge on any atom is 0.0330 e. The van der Waals surface area contributed by atoms with Crippen molar-refractivity contribution in [2.75, 3.05) is 20.6 Å². The Morgan fingerprint density at radius 1 is 1.29 bits per heavy atom. The molecular formula is C19H34N2. The molecular weight excluding hydrogens is 256 g/mol. The standard InChI is InChI=1S/C19H34N2/c1-14-6-5-9-19(12-14,21(3)4)13-20-15(2)18-11-16-7-8-17(18)10-16/h7-8,14-18,20H,5-6,9-13H2,1-4H3. The summed E-state index contributed by atoms with van der Waals surface area (Å²) in [6, 6.07) is 0.666. The van der Waals surface area contributed by atoms with E-state index in [2.05, 4.69) is 50.3 Å². The fraction of sp³-hybridized carbons (Fsp3) is 0.895. The van der Waals surface area contributed by atoms with E-state index in [1.54, 1.807) is 0 Å². The van der Waals surface area contributed by atoms with Crippen molar-refractivity contribution in [3.8, 4) is 0 Å². The van der Waals surface area contributed by atoms with Crippen molar-refractivity contribution < 1.29 is 0 Å². The molecule has 0 aromatic rings. The van der Waals surface area contributed by atoms with E-state index in [1.807, 2.05) is 0 Å². The highest BCUT2D eigenvalue weighted by Gasteiger charge is 2.41. The van der Waals surface area contributed by atoms with Crippen molar-refractivity contribution in [2.45, 2.75) is 64.0 Å². The van der Waals surface area contributed by atoms with E-state index in [-0.39, 0.29) is 0 Å². The number of hydrogen-bond donors (Lipinski definition) is 1. The number of likely N-dealkylation sites (N-methyl/N-ethyl adjacent to an activating group) is 1. The monoisotopic (exact) mass is 290 g/mol. The highest BCUT2D eigenvalue weighted by Crippen LogP contribution is 2.45. The first kappa shape index (κ1) is 15.6. The predicted octanol–water partition coefficient (Wildman–Crippen LogP) is 3.69. The van der Waals surface area contributed by atoms with E-state index in [4.69, 9.17) is 0 Å². The van der Waals surface area contributed by atoms with Crippen LogP contribution < -0.4 is 5.32 Å². The van der Waals surface area contributed by atoms with Crippen LogP contribution in [0.5, 0.6) is 0 Å². The van der Waals surface area contributed by atoms with Crippen LogP contribution in [-0.4, -0.2) is 37.1 Å². The van der Waals surface area contributed by atoms with Gasteiger partial charge in [-0.25, -0.2) is 0 Å². The molecule has 2 bridgehead atoms. The largest absolute Gasteiger partial charge is 0.312 e. The lowest BCUT2D eigenvalue weighted by atomic mass is 9.75. The van der Waals surface area contributed by atoms with Gasteiger partial charge in [-0.15, -0.1) is 0 Å². The fourth-order valence-corrected chi connectivity index (χ4v) is 5.26. The molecule has 1 N–H and O–H groups in total. The number of fused-ring (bicyclic) bond motifs is 2. The van der Waals surface area contributed by atoms with Gasteiger partial charge >= 0.3 is 0 Å². The second kappa shape index (κ2) is 6.04. The summed E-state index contributed by atoms with van der Waals surface area (Å²) < 4.78 is 0. The molecule has 6 unspecified atom stereocenters. The Bertz CT molecular complexity index is 389. The van der Waals surface area contributed by atoms with Crippen LogP contribution in [0.15, 0.2) is 12.2 Å². The van der Waals surface area contributed by atoms with Crippen molar-refractivity contribution in [3.63, 3.8) is 0 Å². The van der Waals surface area contributed by atoms with Crippen LogP contribution >= 0.6 is 0 Å². The van der Waals surface area contributed by atoms with E-state index >= 15 is 0 Å². The molecule has 0 heterocycles. The molecule has 2 heteroatoms. The van der Waals surface area contributed by atoms with Crippen molar-refractivity contribution in [3.05, 3.63) is 12.2 Å². The molecule has 0 amide bonds. The summed E-state index contributed by atoms with van der Waals surface area (Å²) in [7, 11) is 4.56. The highest BCUT2D eigenvalue weighted by atomic mass is 15.2. The molecule has 3 aliphatic rings. The average molecular weight is 290 g/mol. The van der Waals surface area contributed by atoms with Gasteiger partial charge in [-0.05, 0) is 70.4 Å². The van der Waals surface area contributed by atoms with Crippen LogP contribution in [-0.2, 0) is 0 Å². The molecule has 0 saturated heterocycles. The Morgan fingerprint density at radius 3 is 2.67 bits per heavy atom. The minimum atomic E-state index is 0.388. The quantitative estimate of drug-likeness (QED) is 0.777. The number of hydrogen-bond acceptors (Lipinski definition) is 2. The number of allylic oxidation sites excluding steroid dienone is 2. The number of rotatable bonds is 5. The van der Waals surface area contributed by atoms with E-state index in [9.17, 15) is 0 Å². The average Bonchev–Trinajstić information content (AvgIpc) is 3.07. The van der Waals surface area contributed by atoms with Gasteiger partial charge < -0.3 is 10.2 Å². The summed E-state index contributed by atoms with van der Waals surface area (Å²) in [5.41, 5.74) is 0.388. The van der Waals surface area contributed by atoms with Crippen LogP contribution in [0.1, 0.15) is 52.4 Å². The Kier molecular flexibility index (Phi) is 4.47. The molecule has 2 nitrogen and oxygen atoms in total. The third-order valence-corrected chi connectivity index (χ3v) is 6.74. The minimum Gasteiger partial charge on any atom is -0.312 e. The van der Waals surface area contributed by atoms with Crippen molar-refractivity contribution in [1.29, 1.82) is 0 Å². The lowest BCUT2D eigenvalue weighted by Gasteiger charge is -2.46. The molecule has 0 aliphatic heterocycles. The van der Waals surface area contributed by atoms with E-state index in [1.165, 1.54) is 45.1 Å².